The molecule has 0 fully saturated rings. The molecule has 3 rings (SSSR count). The highest BCUT2D eigenvalue weighted by atomic mass is 19.1. The molecule has 0 amide bonds. The standard InChI is InChI=1S/C19H21F2N7/c1-12(20)8-19(2,16-14(21)4-3-6-23-16)11-27-18-25-9-13(10-26-18)15-5-7-24-17(22)28-15/h3-7,9-10,12H,8,11H2,1-2H3,(H2,22,24,28)(H,25,26,27)/t12-,19-/m1/s1. The van der Waals surface area contributed by atoms with E-state index in [9.17, 15) is 8.78 Å². The normalized spacial score (nSPS) is 14.3. The van der Waals surface area contributed by atoms with Crippen molar-refractivity contribution in [2.45, 2.75) is 31.9 Å². The highest BCUT2D eigenvalue weighted by Crippen LogP contribution is 2.30. The Morgan fingerprint density at radius 1 is 1.14 bits per heavy atom. The number of alkyl halides is 1. The Balaban J connectivity index is 1.77. The second-order valence-corrected chi connectivity index (χ2v) is 6.83. The molecule has 0 aliphatic rings. The molecule has 3 aromatic rings. The summed E-state index contributed by atoms with van der Waals surface area (Å²) in [5.74, 6) is 0.0260. The van der Waals surface area contributed by atoms with Crippen LogP contribution in [0.1, 0.15) is 26.0 Å². The number of hydrogen-bond donors (Lipinski definition) is 2. The molecule has 0 saturated carbocycles. The second kappa shape index (κ2) is 8.20. The van der Waals surface area contributed by atoms with E-state index in [1.54, 1.807) is 31.6 Å². The second-order valence-electron chi connectivity index (χ2n) is 6.83. The van der Waals surface area contributed by atoms with E-state index in [2.05, 4.69) is 30.2 Å². The van der Waals surface area contributed by atoms with Crippen LogP contribution >= 0.6 is 0 Å². The third kappa shape index (κ3) is 4.54. The highest BCUT2D eigenvalue weighted by molar-refractivity contribution is 5.58. The van der Waals surface area contributed by atoms with Gasteiger partial charge < -0.3 is 11.1 Å². The first-order valence-corrected chi connectivity index (χ1v) is 8.77. The number of nitrogen functional groups attached to an aromatic ring is 1. The van der Waals surface area contributed by atoms with Crippen LogP contribution in [0.3, 0.4) is 0 Å². The van der Waals surface area contributed by atoms with Crippen molar-refractivity contribution in [3.05, 3.63) is 54.5 Å². The lowest BCUT2D eigenvalue weighted by Gasteiger charge is -2.30. The molecule has 28 heavy (non-hydrogen) atoms. The number of anilines is 2. The molecule has 2 atom stereocenters. The van der Waals surface area contributed by atoms with Crippen molar-refractivity contribution >= 4 is 11.9 Å². The predicted octanol–water partition coefficient (Wildman–Crippen LogP) is 3.17. The van der Waals surface area contributed by atoms with Gasteiger partial charge in [0.15, 0.2) is 0 Å². The Labute approximate surface area is 161 Å². The number of nitrogens with one attached hydrogen (secondary N) is 1. The van der Waals surface area contributed by atoms with E-state index < -0.39 is 17.4 Å². The van der Waals surface area contributed by atoms with Gasteiger partial charge in [-0.1, -0.05) is 6.92 Å². The van der Waals surface area contributed by atoms with E-state index >= 15 is 0 Å². The molecule has 9 heteroatoms. The van der Waals surface area contributed by atoms with Gasteiger partial charge in [-0.15, -0.1) is 0 Å². The topological polar surface area (TPSA) is 102 Å². The molecular weight excluding hydrogens is 364 g/mol. The lowest BCUT2D eigenvalue weighted by molar-refractivity contribution is 0.267. The Hall–Kier alpha value is -3.23. The third-order valence-electron chi connectivity index (χ3n) is 4.32. The van der Waals surface area contributed by atoms with Crippen LogP contribution in [0, 0.1) is 5.82 Å². The summed E-state index contributed by atoms with van der Waals surface area (Å²) in [5, 5.41) is 3.05. The minimum Gasteiger partial charge on any atom is -0.368 e. The van der Waals surface area contributed by atoms with Crippen LogP contribution in [0.5, 0.6) is 0 Å². The molecule has 0 radical (unpaired) electrons. The van der Waals surface area contributed by atoms with Crippen molar-refractivity contribution in [3.8, 4) is 11.3 Å². The van der Waals surface area contributed by atoms with E-state index in [1.165, 1.54) is 25.3 Å². The van der Waals surface area contributed by atoms with Gasteiger partial charge >= 0.3 is 0 Å². The summed E-state index contributed by atoms with van der Waals surface area (Å²) < 4.78 is 28.0. The van der Waals surface area contributed by atoms with Crippen molar-refractivity contribution in [2.24, 2.45) is 0 Å². The van der Waals surface area contributed by atoms with Gasteiger partial charge in [0, 0.05) is 42.3 Å². The van der Waals surface area contributed by atoms with Crippen molar-refractivity contribution in [1.82, 2.24) is 24.9 Å². The summed E-state index contributed by atoms with van der Waals surface area (Å²) in [7, 11) is 0. The van der Waals surface area contributed by atoms with Gasteiger partial charge in [0.1, 0.15) is 5.82 Å². The average Bonchev–Trinajstić information content (AvgIpc) is 2.66. The number of nitrogens with two attached hydrogens (primary N) is 1. The Morgan fingerprint density at radius 2 is 1.89 bits per heavy atom. The fraction of sp³-hybridized carbons (Fsp3) is 0.316. The maximum Gasteiger partial charge on any atom is 0.222 e. The van der Waals surface area contributed by atoms with Gasteiger partial charge in [-0.25, -0.2) is 28.7 Å². The van der Waals surface area contributed by atoms with Crippen LogP contribution in [0.15, 0.2) is 43.0 Å². The van der Waals surface area contributed by atoms with Gasteiger partial charge in [0.2, 0.25) is 11.9 Å². The average molecular weight is 385 g/mol. The Morgan fingerprint density at radius 3 is 2.54 bits per heavy atom. The summed E-state index contributed by atoms with van der Waals surface area (Å²) in [5.41, 5.74) is 6.20. The maximum absolute atomic E-state index is 14.3. The Bertz CT molecular complexity index is 934. The van der Waals surface area contributed by atoms with Crippen LogP contribution in [0.4, 0.5) is 20.7 Å². The zero-order valence-corrected chi connectivity index (χ0v) is 15.6. The van der Waals surface area contributed by atoms with E-state index in [1.807, 2.05) is 0 Å². The summed E-state index contributed by atoms with van der Waals surface area (Å²) in [6.07, 6.45) is 5.21. The molecule has 3 heterocycles. The number of hydrogen-bond acceptors (Lipinski definition) is 7. The van der Waals surface area contributed by atoms with Crippen LogP contribution in [-0.2, 0) is 5.41 Å². The third-order valence-corrected chi connectivity index (χ3v) is 4.32. The first kappa shape index (κ1) is 19.5. The van der Waals surface area contributed by atoms with Crippen LogP contribution < -0.4 is 11.1 Å². The number of pyridine rings is 1. The zero-order chi connectivity index (χ0) is 20.1. The molecule has 0 saturated heterocycles. The number of aromatic nitrogens is 5. The summed E-state index contributed by atoms with van der Waals surface area (Å²) in [4.78, 5) is 20.6. The highest BCUT2D eigenvalue weighted by Gasteiger charge is 2.33. The molecule has 0 unspecified atom stereocenters. The fourth-order valence-corrected chi connectivity index (χ4v) is 3.06. The summed E-state index contributed by atoms with van der Waals surface area (Å²) in [6, 6.07) is 4.53. The first-order valence-electron chi connectivity index (χ1n) is 8.77. The number of halogens is 2. The van der Waals surface area contributed by atoms with E-state index in [4.69, 9.17) is 5.73 Å². The minimum absolute atomic E-state index is 0.103. The quantitative estimate of drug-likeness (QED) is 0.644. The van der Waals surface area contributed by atoms with Crippen molar-refractivity contribution in [1.29, 1.82) is 0 Å². The maximum atomic E-state index is 14.3. The van der Waals surface area contributed by atoms with E-state index in [0.717, 1.165) is 0 Å². The monoisotopic (exact) mass is 385 g/mol. The Kier molecular flexibility index (Phi) is 5.72. The SMILES string of the molecule is C[C@@H](F)C[C@](C)(CNc1ncc(-c2ccnc(N)n2)cn1)c1ncccc1F. The molecule has 146 valence electrons. The van der Waals surface area contributed by atoms with Crippen LogP contribution in [-0.4, -0.2) is 37.6 Å². The fourth-order valence-electron chi connectivity index (χ4n) is 3.06. The van der Waals surface area contributed by atoms with Crippen molar-refractivity contribution in [2.75, 3.05) is 17.6 Å². The molecule has 3 aromatic heterocycles. The largest absolute Gasteiger partial charge is 0.368 e. The van der Waals surface area contributed by atoms with E-state index in [-0.39, 0.29) is 24.6 Å². The molecule has 0 aromatic carbocycles. The van der Waals surface area contributed by atoms with E-state index in [0.29, 0.717) is 17.2 Å². The number of nitrogens with zero attached hydrogens (tertiary/aromatic N) is 5. The van der Waals surface area contributed by atoms with Crippen molar-refractivity contribution < 1.29 is 8.78 Å². The molecule has 0 aliphatic carbocycles. The van der Waals surface area contributed by atoms with Crippen LogP contribution in [0.2, 0.25) is 0 Å². The molecule has 0 aliphatic heterocycles. The van der Waals surface area contributed by atoms with Crippen LogP contribution in [0.25, 0.3) is 11.3 Å². The molecule has 7 nitrogen and oxygen atoms in total. The smallest absolute Gasteiger partial charge is 0.222 e. The van der Waals surface area contributed by atoms with Gasteiger partial charge in [0.05, 0.1) is 17.6 Å². The lowest BCUT2D eigenvalue weighted by atomic mass is 9.81. The predicted molar refractivity (Wildman–Crippen MR) is 103 cm³/mol. The summed E-state index contributed by atoms with van der Waals surface area (Å²) >= 11 is 0. The van der Waals surface area contributed by atoms with Gasteiger partial charge in [-0.3, -0.25) is 4.98 Å². The molecule has 0 bridgehead atoms. The van der Waals surface area contributed by atoms with Gasteiger partial charge in [0.25, 0.3) is 0 Å². The first-order chi connectivity index (χ1) is 13.4. The van der Waals surface area contributed by atoms with Gasteiger partial charge in [-0.2, -0.15) is 0 Å². The number of rotatable bonds is 7. The molecule has 0 spiro atoms. The van der Waals surface area contributed by atoms with Crippen molar-refractivity contribution in [3.63, 3.8) is 0 Å². The zero-order valence-electron chi connectivity index (χ0n) is 15.6. The van der Waals surface area contributed by atoms with Gasteiger partial charge in [-0.05, 0) is 31.5 Å². The molecular formula is C19H21F2N7. The molecule has 3 N–H and O–H groups in total. The summed E-state index contributed by atoms with van der Waals surface area (Å²) in [6.45, 7) is 3.42. The lowest BCUT2D eigenvalue weighted by Crippen LogP contribution is -2.36. The minimum atomic E-state index is -1.13.